The molecule has 2 saturated carbocycles. The van der Waals surface area contributed by atoms with Gasteiger partial charge in [0.15, 0.2) is 0 Å². The van der Waals surface area contributed by atoms with Crippen LogP contribution >= 0.6 is 23.2 Å². The molecule has 2 aromatic rings. The minimum atomic E-state index is -1.71. The number of fused-ring (bicyclic) bond motifs is 1. The van der Waals surface area contributed by atoms with Gasteiger partial charge in [0.05, 0.1) is 40.0 Å². The molecule has 2 aliphatic heterocycles. The van der Waals surface area contributed by atoms with Gasteiger partial charge in [0.25, 0.3) is 0 Å². The van der Waals surface area contributed by atoms with Crippen molar-refractivity contribution in [1.29, 1.82) is 0 Å². The van der Waals surface area contributed by atoms with E-state index in [2.05, 4.69) is 24.1 Å². The number of hydrogen-bond donors (Lipinski definition) is 3. The first-order valence-corrected chi connectivity index (χ1v) is 18.4. The molecule has 1 saturated heterocycles. The zero-order valence-corrected chi connectivity index (χ0v) is 29.7. The average molecular weight is 729 g/mol. The summed E-state index contributed by atoms with van der Waals surface area (Å²) in [4.78, 5) is 56.6. The van der Waals surface area contributed by atoms with Crippen molar-refractivity contribution in [3.8, 4) is 0 Å². The van der Waals surface area contributed by atoms with E-state index in [0.717, 1.165) is 12.8 Å². The number of Topliss-reactive ketones (excluding diaryl/α,β-unsaturated/α-hetero) is 1. The Hall–Kier alpha value is -3.51. The molecule has 13 heteroatoms. The summed E-state index contributed by atoms with van der Waals surface area (Å²) in [6.07, 6.45) is 2.77. The molecule has 0 radical (unpaired) electrons. The normalized spacial score (nSPS) is 28.0. The number of amides is 1. The molecule has 0 aromatic heterocycles. The lowest BCUT2D eigenvalue weighted by Crippen LogP contribution is -2.52. The van der Waals surface area contributed by atoms with Crippen molar-refractivity contribution in [2.75, 3.05) is 31.9 Å². The Kier molecular flexibility index (Phi) is 9.85. The van der Waals surface area contributed by atoms with Crippen molar-refractivity contribution in [1.82, 2.24) is 15.1 Å². The van der Waals surface area contributed by atoms with Crippen LogP contribution in [0, 0.1) is 10.8 Å². The van der Waals surface area contributed by atoms with Gasteiger partial charge in [-0.1, -0.05) is 61.3 Å². The first kappa shape index (κ1) is 35.3. The maximum atomic E-state index is 13.9. The van der Waals surface area contributed by atoms with Crippen molar-refractivity contribution >= 4 is 57.6 Å². The van der Waals surface area contributed by atoms with Gasteiger partial charge in [0, 0.05) is 77.0 Å². The number of carboxylic acid groups (broad SMARTS) is 2. The molecule has 2 heterocycles. The molecule has 3 fully saturated rings. The number of carbonyl (C=O) groups is 4. The van der Waals surface area contributed by atoms with Crippen LogP contribution in [0.2, 0.25) is 10.0 Å². The molecular weight excluding hydrogens is 689 g/mol. The summed E-state index contributed by atoms with van der Waals surface area (Å²) < 4.78 is 13.5. The number of carbonyl (C=O) groups excluding carboxylic acids is 2. The summed E-state index contributed by atoms with van der Waals surface area (Å²) in [6, 6.07) is 13.4. The van der Waals surface area contributed by atoms with Crippen molar-refractivity contribution in [2.45, 2.75) is 62.8 Å². The van der Waals surface area contributed by atoms with Crippen molar-refractivity contribution < 1.29 is 33.6 Å². The van der Waals surface area contributed by atoms with Crippen LogP contribution < -0.4 is 5.32 Å². The zero-order chi connectivity index (χ0) is 35.2. The van der Waals surface area contributed by atoms with E-state index in [9.17, 15) is 33.6 Å². The molecule has 260 valence electrons. The number of dihydropyridines is 1. The zero-order valence-electron chi connectivity index (χ0n) is 27.3. The Morgan fingerprint density at radius 1 is 0.857 bits per heavy atom. The van der Waals surface area contributed by atoms with Crippen molar-refractivity contribution in [3.63, 3.8) is 0 Å². The fraction of sp³-hybridized carbons (Fsp3) is 0.444. The lowest BCUT2D eigenvalue weighted by molar-refractivity contribution is -0.133. The number of benzene rings is 2. The summed E-state index contributed by atoms with van der Waals surface area (Å²) in [5.41, 5.74) is -0.650. The number of rotatable bonds is 9. The quantitative estimate of drug-likeness (QED) is 0.316. The smallest absolute Gasteiger partial charge is 0.334 e. The molecule has 49 heavy (non-hydrogen) atoms. The minimum Gasteiger partial charge on any atom is -0.478 e. The first-order chi connectivity index (χ1) is 23.2. The molecule has 1 amide bonds. The second-order valence-electron chi connectivity index (χ2n) is 14.1. The third-order valence-corrected chi connectivity index (χ3v) is 13.1. The van der Waals surface area contributed by atoms with Crippen LogP contribution in [-0.4, -0.2) is 85.8 Å². The van der Waals surface area contributed by atoms with Crippen LogP contribution in [-0.2, 0) is 30.0 Å². The molecule has 4 atom stereocenters. The number of nitrogens with one attached hydrogen (secondary N) is 1. The van der Waals surface area contributed by atoms with Crippen molar-refractivity contribution in [2.24, 2.45) is 10.8 Å². The van der Waals surface area contributed by atoms with Crippen LogP contribution in [0.15, 0.2) is 76.0 Å². The van der Waals surface area contributed by atoms with E-state index < -0.39 is 28.7 Å². The molecule has 0 bridgehead atoms. The lowest BCUT2D eigenvalue weighted by Gasteiger charge is -2.39. The number of carboxylic acids is 2. The fourth-order valence-electron chi connectivity index (χ4n) is 8.40. The number of aliphatic carboxylic acids is 2. The van der Waals surface area contributed by atoms with Crippen LogP contribution in [0.1, 0.15) is 57.4 Å². The van der Waals surface area contributed by atoms with Crippen LogP contribution in [0.25, 0.3) is 0 Å². The van der Waals surface area contributed by atoms with E-state index in [4.69, 9.17) is 23.2 Å². The average Bonchev–Trinajstić information content (AvgIpc) is 3.42. The number of piperazine rings is 1. The Labute approximate surface area is 297 Å². The summed E-state index contributed by atoms with van der Waals surface area (Å²) >= 11 is 13.1. The van der Waals surface area contributed by atoms with E-state index in [1.54, 1.807) is 41.3 Å². The van der Waals surface area contributed by atoms with Gasteiger partial charge in [-0.05, 0) is 47.9 Å². The third kappa shape index (κ3) is 6.70. The topological polar surface area (TPSA) is 144 Å². The van der Waals surface area contributed by atoms with Gasteiger partial charge in [0.1, 0.15) is 5.78 Å². The number of nitrogens with zero attached hydrogens (tertiary/aromatic N) is 2. The SMILES string of the molecule is CC12CC(=O)CC1(C)CC(N1CCN(C(=O)CC3=C(C(=O)O)C(c4c(Cl)cccc4Cl)C(C(=O)O)=C(CS(=O)c4ccccc4)N3)CC1)C2. The Morgan fingerprint density at radius 2 is 1.41 bits per heavy atom. The van der Waals surface area contributed by atoms with Gasteiger partial charge >= 0.3 is 11.9 Å². The second kappa shape index (κ2) is 13.7. The van der Waals surface area contributed by atoms with E-state index in [0.29, 0.717) is 55.7 Å². The lowest BCUT2D eigenvalue weighted by atomic mass is 9.71. The monoisotopic (exact) mass is 727 g/mol. The van der Waals surface area contributed by atoms with Gasteiger partial charge in [0.2, 0.25) is 5.91 Å². The summed E-state index contributed by atoms with van der Waals surface area (Å²) in [7, 11) is -1.71. The summed E-state index contributed by atoms with van der Waals surface area (Å²) in [5, 5.41) is 24.1. The van der Waals surface area contributed by atoms with Gasteiger partial charge in [-0.3, -0.25) is 18.7 Å². The highest BCUT2D eigenvalue weighted by atomic mass is 35.5. The van der Waals surface area contributed by atoms with Gasteiger partial charge < -0.3 is 20.4 Å². The first-order valence-electron chi connectivity index (χ1n) is 16.3. The summed E-state index contributed by atoms with van der Waals surface area (Å²) in [5.74, 6) is -4.58. The van der Waals surface area contributed by atoms with Crippen LogP contribution in [0.4, 0.5) is 0 Å². The van der Waals surface area contributed by atoms with E-state index in [-0.39, 0.29) is 67.1 Å². The standard InChI is InChI=1S/C36H39Cl2N3O7S/c1-35-16-21(17-36(35,2)19-22(42)18-35)40-11-13-41(14-12-40)28(43)15-26-30(33(44)45)32(29-24(37)9-6-10-25(29)38)31(34(46)47)27(39-26)20-49(48)23-7-4-3-5-8-23/h3-10,21,32,39H,11-20H2,1-2H3,(H,44,45)(H,46,47). The maximum Gasteiger partial charge on any atom is 0.334 e. The van der Waals surface area contributed by atoms with Gasteiger partial charge in [-0.15, -0.1) is 0 Å². The van der Waals surface area contributed by atoms with E-state index in [1.165, 1.54) is 12.1 Å². The second-order valence-corrected chi connectivity index (χ2v) is 16.3. The summed E-state index contributed by atoms with van der Waals surface area (Å²) in [6.45, 7) is 6.63. The Balaban J connectivity index is 1.27. The molecule has 6 rings (SSSR count). The largest absolute Gasteiger partial charge is 0.478 e. The molecule has 2 aromatic carbocycles. The van der Waals surface area contributed by atoms with E-state index >= 15 is 0 Å². The molecule has 10 nitrogen and oxygen atoms in total. The highest BCUT2D eigenvalue weighted by molar-refractivity contribution is 7.85. The Morgan fingerprint density at radius 3 is 1.96 bits per heavy atom. The fourth-order valence-corrected chi connectivity index (χ4v) is 10.1. The molecule has 2 aliphatic carbocycles. The predicted molar refractivity (Wildman–Crippen MR) is 186 cm³/mol. The van der Waals surface area contributed by atoms with Crippen LogP contribution in [0.5, 0.6) is 0 Å². The number of halogens is 2. The minimum absolute atomic E-state index is 0.000104. The van der Waals surface area contributed by atoms with Gasteiger partial charge in [-0.2, -0.15) is 0 Å². The van der Waals surface area contributed by atoms with E-state index in [1.807, 2.05) is 0 Å². The molecule has 4 aliphatic rings. The predicted octanol–water partition coefficient (Wildman–Crippen LogP) is 5.24. The van der Waals surface area contributed by atoms with Gasteiger partial charge in [-0.25, -0.2) is 9.59 Å². The molecule has 4 unspecified atom stereocenters. The maximum absolute atomic E-state index is 13.9. The highest BCUT2D eigenvalue weighted by Crippen LogP contribution is 2.62. The highest BCUT2D eigenvalue weighted by Gasteiger charge is 2.59. The molecular formula is C36H39Cl2N3O7S. The number of hydrogen-bond acceptors (Lipinski definition) is 7. The molecule has 3 N–H and O–H groups in total. The third-order valence-electron chi connectivity index (χ3n) is 11.1. The molecule has 0 spiro atoms. The van der Waals surface area contributed by atoms with Crippen LogP contribution in [0.3, 0.4) is 0 Å². The van der Waals surface area contributed by atoms with Crippen molar-refractivity contribution in [3.05, 3.63) is 86.7 Å². The number of ketones is 1. The Bertz CT molecular complexity index is 1760.